The molecule has 0 saturated heterocycles. The highest BCUT2D eigenvalue weighted by molar-refractivity contribution is 6.08. The SMILES string of the molecule is CCc1ccc(-c2[nH]nc3nc(-c4cccc(OC)c4)cc(C(=O)O)c23)cc1. The lowest BCUT2D eigenvalue weighted by molar-refractivity contribution is 0.0699. The van der Waals surface area contributed by atoms with Crippen LogP contribution < -0.4 is 4.74 Å². The summed E-state index contributed by atoms with van der Waals surface area (Å²) in [6, 6.07) is 16.9. The van der Waals surface area contributed by atoms with Gasteiger partial charge in [0.25, 0.3) is 0 Å². The van der Waals surface area contributed by atoms with Crippen LogP contribution in [0.4, 0.5) is 0 Å². The third kappa shape index (κ3) is 3.09. The van der Waals surface area contributed by atoms with Gasteiger partial charge < -0.3 is 9.84 Å². The smallest absolute Gasteiger partial charge is 0.336 e. The Morgan fingerprint density at radius 1 is 1.11 bits per heavy atom. The molecule has 0 atom stereocenters. The van der Waals surface area contributed by atoms with Crippen LogP contribution >= 0.6 is 0 Å². The molecule has 6 nitrogen and oxygen atoms in total. The molecule has 28 heavy (non-hydrogen) atoms. The van der Waals surface area contributed by atoms with Gasteiger partial charge in [-0.1, -0.05) is 43.3 Å². The molecule has 2 aromatic heterocycles. The van der Waals surface area contributed by atoms with Crippen molar-refractivity contribution in [1.82, 2.24) is 15.2 Å². The fourth-order valence-electron chi connectivity index (χ4n) is 3.24. The molecule has 0 spiro atoms. The normalized spacial score (nSPS) is 10.9. The van der Waals surface area contributed by atoms with Crippen LogP contribution in [0.3, 0.4) is 0 Å². The first kappa shape index (κ1) is 17.7. The average Bonchev–Trinajstić information content (AvgIpc) is 3.17. The number of ether oxygens (including phenoxy) is 1. The number of hydrogen-bond acceptors (Lipinski definition) is 4. The number of pyridine rings is 1. The van der Waals surface area contributed by atoms with Gasteiger partial charge in [0.1, 0.15) is 5.75 Å². The molecule has 0 fully saturated rings. The van der Waals surface area contributed by atoms with Gasteiger partial charge in [-0.2, -0.15) is 5.10 Å². The van der Waals surface area contributed by atoms with Gasteiger partial charge >= 0.3 is 5.97 Å². The third-order valence-corrected chi connectivity index (χ3v) is 4.77. The molecule has 0 saturated carbocycles. The Hall–Kier alpha value is -3.67. The van der Waals surface area contributed by atoms with Gasteiger partial charge in [0.15, 0.2) is 5.65 Å². The van der Waals surface area contributed by atoms with Gasteiger partial charge in [-0.3, -0.25) is 5.10 Å². The average molecular weight is 373 g/mol. The maximum absolute atomic E-state index is 12.0. The molecular formula is C22H19N3O3. The number of carbonyl (C=O) groups is 1. The molecule has 140 valence electrons. The molecular weight excluding hydrogens is 354 g/mol. The largest absolute Gasteiger partial charge is 0.497 e. The van der Waals surface area contributed by atoms with Crippen LogP contribution in [0.2, 0.25) is 0 Å². The van der Waals surface area contributed by atoms with Gasteiger partial charge in [-0.15, -0.1) is 0 Å². The highest BCUT2D eigenvalue weighted by atomic mass is 16.5. The Balaban J connectivity index is 1.90. The number of aromatic amines is 1. The van der Waals surface area contributed by atoms with E-state index < -0.39 is 5.97 Å². The maximum Gasteiger partial charge on any atom is 0.336 e. The fraction of sp³-hybridized carbons (Fsp3) is 0.136. The highest BCUT2D eigenvalue weighted by Gasteiger charge is 2.20. The summed E-state index contributed by atoms with van der Waals surface area (Å²) in [5.41, 5.74) is 4.56. The van der Waals surface area contributed by atoms with E-state index in [9.17, 15) is 9.90 Å². The number of carboxylic acids is 1. The summed E-state index contributed by atoms with van der Waals surface area (Å²) < 4.78 is 5.26. The molecule has 4 rings (SSSR count). The Labute approximate surface area is 161 Å². The topological polar surface area (TPSA) is 88.1 Å². The first-order chi connectivity index (χ1) is 13.6. The van der Waals surface area contributed by atoms with E-state index in [0.29, 0.717) is 28.2 Å². The summed E-state index contributed by atoms with van der Waals surface area (Å²) in [7, 11) is 1.59. The number of H-pyrrole nitrogens is 1. The highest BCUT2D eigenvalue weighted by Crippen LogP contribution is 2.32. The molecule has 0 unspecified atom stereocenters. The minimum atomic E-state index is -1.02. The van der Waals surface area contributed by atoms with Crippen molar-refractivity contribution in [3.63, 3.8) is 0 Å². The lowest BCUT2D eigenvalue weighted by Gasteiger charge is -2.07. The predicted octanol–water partition coefficient (Wildman–Crippen LogP) is 4.56. The standard InChI is InChI=1S/C22H19N3O3/c1-3-13-7-9-14(10-8-13)20-19-17(22(26)27)12-18(23-21(19)25-24-20)15-5-4-6-16(11-15)28-2/h4-12H,3H2,1-2H3,(H,26,27)(H,23,24,25). The summed E-state index contributed by atoms with van der Waals surface area (Å²) in [6.45, 7) is 2.09. The monoisotopic (exact) mass is 373 g/mol. The van der Waals surface area contributed by atoms with E-state index in [-0.39, 0.29) is 5.56 Å². The van der Waals surface area contributed by atoms with Gasteiger partial charge in [-0.05, 0) is 30.2 Å². The zero-order chi connectivity index (χ0) is 19.7. The van der Waals surface area contributed by atoms with Gasteiger partial charge in [-0.25, -0.2) is 9.78 Å². The number of hydrogen-bond donors (Lipinski definition) is 2. The van der Waals surface area contributed by atoms with Crippen molar-refractivity contribution < 1.29 is 14.6 Å². The molecule has 2 heterocycles. The molecule has 0 aliphatic rings. The number of carboxylic acid groups (broad SMARTS) is 1. The predicted molar refractivity (Wildman–Crippen MR) is 108 cm³/mol. The summed E-state index contributed by atoms with van der Waals surface area (Å²) in [5, 5.41) is 17.6. The Morgan fingerprint density at radius 3 is 2.57 bits per heavy atom. The fourth-order valence-corrected chi connectivity index (χ4v) is 3.24. The molecule has 0 aliphatic carbocycles. The van der Waals surface area contributed by atoms with E-state index in [2.05, 4.69) is 22.1 Å². The lowest BCUT2D eigenvalue weighted by Crippen LogP contribution is -2.00. The van der Waals surface area contributed by atoms with Crippen molar-refractivity contribution >= 4 is 17.0 Å². The minimum absolute atomic E-state index is 0.158. The van der Waals surface area contributed by atoms with Crippen molar-refractivity contribution in [2.24, 2.45) is 0 Å². The second-order valence-corrected chi connectivity index (χ2v) is 6.44. The van der Waals surface area contributed by atoms with Crippen LogP contribution in [-0.4, -0.2) is 33.4 Å². The van der Waals surface area contributed by atoms with E-state index in [1.165, 1.54) is 5.56 Å². The molecule has 0 aliphatic heterocycles. The van der Waals surface area contributed by atoms with Crippen LogP contribution in [0.5, 0.6) is 5.75 Å². The lowest BCUT2D eigenvalue weighted by atomic mass is 10.0. The van der Waals surface area contributed by atoms with Crippen molar-refractivity contribution in [2.45, 2.75) is 13.3 Å². The number of aromatic carboxylic acids is 1. The summed E-state index contributed by atoms with van der Waals surface area (Å²) >= 11 is 0. The second kappa shape index (κ2) is 7.15. The number of nitrogens with one attached hydrogen (secondary N) is 1. The second-order valence-electron chi connectivity index (χ2n) is 6.44. The molecule has 0 amide bonds. The number of benzene rings is 2. The van der Waals surface area contributed by atoms with Crippen LogP contribution in [0.25, 0.3) is 33.5 Å². The van der Waals surface area contributed by atoms with E-state index in [4.69, 9.17) is 4.74 Å². The molecule has 4 aromatic rings. The first-order valence-electron chi connectivity index (χ1n) is 8.97. The van der Waals surface area contributed by atoms with Crippen LogP contribution in [-0.2, 0) is 6.42 Å². The van der Waals surface area contributed by atoms with Crippen molar-refractivity contribution in [3.05, 3.63) is 65.7 Å². The van der Waals surface area contributed by atoms with Crippen molar-refractivity contribution in [3.8, 4) is 28.3 Å². The van der Waals surface area contributed by atoms with Crippen molar-refractivity contribution in [2.75, 3.05) is 7.11 Å². The van der Waals surface area contributed by atoms with Gasteiger partial charge in [0, 0.05) is 11.1 Å². The number of methoxy groups -OCH3 is 1. The maximum atomic E-state index is 12.0. The molecule has 6 heteroatoms. The Morgan fingerprint density at radius 2 is 1.89 bits per heavy atom. The van der Waals surface area contributed by atoms with Crippen LogP contribution in [0.1, 0.15) is 22.8 Å². The number of nitrogens with zero attached hydrogens (tertiary/aromatic N) is 2. The Kier molecular flexibility index (Phi) is 4.53. The Bertz CT molecular complexity index is 1160. The number of aromatic nitrogens is 3. The number of aryl methyl sites for hydroxylation is 1. The van der Waals surface area contributed by atoms with E-state index in [1.54, 1.807) is 13.2 Å². The first-order valence-corrected chi connectivity index (χ1v) is 8.97. The molecule has 0 bridgehead atoms. The minimum Gasteiger partial charge on any atom is -0.497 e. The van der Waals surface area contributed by atoms with Gasteiger partial charge in [0.05, 0.1) is 29.4 Å². The van der Waals surface area contributed by atoms with E-state index in [1.807, 2.05) is 48.5 Å². The van der Waals surface area contributed by atoms with E-state index in [0.717, 1.165) is 17.5 Å². The summed E-state index contributed by atoms with van der Waals surface area (Å²) in [5.74, 6) is -0.348. The third-order valence-electron chi connectivity index (χ3n) is 4.77. The van der Waals surface area contributed by atoms with Crippen molar-refractivity contribution in [1.29, 1.82) is 0 Å². The summed E-state index contributed by atoms with van der Waals surface area (Å²) in [4.78, 5) is 16.6. The quantitative estimate of drug-likeness (QED) is 0.535. The zero-order valence-electron chi connectivity index (χ0n) is 15.6. The number of fused-ring (bicyclic) bond motifs is 1. The van der Waals surface area contributed by atoms with Crippen LogP contribution in [0.15, 0.2) is 54.6 Å². The number of rotatable bonds is 5. The molecule has 0 radical (unpaired) electrons. The summed E-state index contributed by atoms with van der Waals surface area (Å²) in [6.07, 6.45) is 0.940. The molecule has 2 aromatic carbocycles. The zero-order valence-corrected chi connectivity index (χ0v) is 15.6. The van der Waals surface area contributed by atoms with E-state index >= 15 is 0 Å². The van der Waals surface area contributed by atoms with Crippen LogP contribution in [0, 0.1) is 0 Å². The van der Waals surface area contributed by atoms with Gasteiger partial charge in [0.2, 0.25) is 0 Å². The molecule has 2 N–H and O–H groups in total.